The number of aryl methyl sites for hydroxylation is 2. The molecule has 25 heavy (non-hydrogen) atoms. The minimum Gasteiger partial charge on any atom is -0.485 e. The van der Waals surface area contributed by atoms with E-state index in [-0.39, 0.29) is 12.0 Å². The van der Waals surface area contributed by atoms with Crippen LogP contribution in [-0.2, 0) is 13.5 Å². The number of ether oxygens (including phenoxy) is 1. The number of hydrogen-bond acceptors (Lipinski definition) is 5. The van der Waals surface area contributed by atoms with Crippen molar-refractivity contribution < 1.29 is 9.53 Å². The molecule has 3 heterocycles. The van der Waals surface area contributed by atoms with Crippen LogP contribution in [0.4, 0.5) is 5.82 Å². The summed E-state index contributed by atoms with van der Waals surface area (Å²) in [6.07, 6.45) is 5.10. The number of rotatable bonds is 5. The third kappa shape index (κ3) is 3.60. The normalized spacial score (nSPS) is 17.0. The first-order valence-corrected chi connectivity index (χ1v) is 8.60. The van der Waals surface area contributed by atoms with Gasteiger partial charge in [0, 0.05) is 46.5 Å². The average molecular weight is 343 g/mol. The lowest BCUT2D eigenvalue weighted by Crippen LogP contribution is -2.31. The summed E-state index contributed by atoms with van der Waals surface area (Å²) in [5, 5.41) is 4.36. The molecule has 1 aliphatic heterocycles. The van der Waals surface area contributed by atoms with E-state index in [0.29, 0.717) is 18.7 Å². The monoisotopic (exact) mass is 343 g/mol. The van der Waals surface area contributed by atoms with Gasteiger partial charge in [-0.25, -0.2) is 4.98 Å². The molecule has 0 saturated carbocycles. The van der Waals surface area contributed by atoms with Crippen molar-refractivity contribution in [3.63, 3.8) is 0 Å². The van der Waals surface area contributed by atoms with Crippen LogP contribution in [0.5, 0.6) is 5.75 Å². The highest BCUT2D eigenvalue weighted by Gasteiger charge is 2.30. The van der Waals surface area contributed by atoms with Gasteiger partial charge in [0.15, 0.2) is 11.6 Å². The molecule has 0 spiro atoms. The second-order valence-electron chi connectivity index (χ2n) is 6.52. The number of hydrogen-bond donors (Lipinski definition) is 0. The van der Waals surface area contributed by atoms with E-state index >= 15 is 0 Å². The summed E-state index contributed by atoms with van der Waals surface area (Å²) in [5.74, 6) is 1.59. The Balaban J connectivity index is 1.69. The fourth-order valence-electron chi connectivity index (χ4n) is 3.14. The summed E-state index contributed by atoms with van der Waals surface area (Å²) < 4.78 is 7.83. The zero-order chi connectivity index (χ0) is 18.0. The van der Waals surface area contributed by atoms with E-state index in [2.05, 4.69) is 10.1 Å². The molecule has 0 aliphatic carbocycles. The molecular formula is C18H25N5O2. The van der Waals surface area contributed by atoms with Crippen LogP contribution in [0.1, 0.15) is 29.4 Å². The molecule has 2 aromatic rings. The van der Waals surface area contributed by atoms with Crippen LogP contribution in [0.3, 0.4) is 0 Å². The standard InChI is InChI=1S/C18H25N5O2/c1-5-15-14(12-22(4)20-15)18(24)23-10-8-13(11-23)25-16-7-6-9-19-17(16)21(2)3/h6-7,9,12-13H,5,8,10-11H2,1-4H3/t13-/m1/s1. The van der Waals surface area contributed by atoms with Crippen LogP contribution in [0.2, 0.25) is 0 Å². The highest BCUT2D eigenvalue weighted by atomic mass is 16.5. The van der Waals surface area contributed by atoms with Crippen molar-refractivity contribution in [3.8, 4) is 5.75 Å². The van der Waals surface area contributed by atoms with Gasteiger partial charge in [-0.05, 0) is 18.6 Å². The molecule has 1 atom stereocenters. The third-order valence-corrected chi connectivity index (χ3v) is 4.37. The number of carbonyl (C=O) groups is 1. The van der Waals surface area contributed by atoms with Crippen molar-refractivity contribution in [2.24, 2.45) is 7.05 Å². The molecule has 0 N–H and O–H groups in total. The summed E-state index contributed by atoms with van der Waals surface area (Å²) in [4.78, 5) is 20.9. The van der Waals surface area contributed by atoms with Crippen molar-refractivity contribution in [2.45, 2.75) is 25.9 Å². The van der Waals surface area contributed by atoms with Crippen LogP contribution in [0, 0.1) is 0 Å². The van der Waals surface area contributed by atoms with E-state index < -0.39 is 0 Å². The van der Waals surface area contributed by atoms with Gasteiger partial charge in [-0.3, -0.25) is 9.48 Å². The van der Waals surface area contributed by atoms with E-state index in [0.717, 1.165) is 30.1 Å². The second-order valence-corrected chi connectivity index (χ2v) is 6.52. The number of anilines is 1. The molecule has 0 unspecified atom stereocenters. The Morgan fingerprint density at radius 3 is 2.96 bits per heavy atom. The van der Waals surface area contributed by atoms with Crippen molar-refractivity contribution in [2.75, 3.05) is 32.1 Å². The third-order valence-electron chi connectivity index (χ3n) is 4.37. The maximum absolute atomic E-state index is 12.8. The molecule has 134 valence electrons. The number of pyridine rings is 1. The highest BCUT2D eigenvalue weighted by molar-refractivity contribution is 5.95. The van der Waals surface area contributed by atoms with Gasteiger partial charge in [0.25, 0.3) is 5.91 Å². The van der Waals surface area contributed by atoms with Crippen LogP contribution >= 0.6 is 0 Å². The Bertz CT molecular complexity index is 756. The summed E-state index contributed by atoms with van der Waals surface area (Å²) in [6, 6.07) is 3.78. The summed E-state index contributed by atoms with van der Waals surface area (Å²) in [7, 11) is 5.72. The lowest BCUT2D eigenvalue weighted by atomic mass is 10.2. The Hall–Kier alpha value is -2.57. The molecule has 1 amide bonds. The molecule has 3 rings (SSSR count). The number of aromatic nitrogens is 3. The van der Waals surface area contributed by atoms with Crippen molar-refractivity contribution in [3.05, 3.63) is 35.8 Å². The van der Waals surface area contributed by atoms with E-state index in [1.807, 2.05) is 50.0 Å². The van der Waals surface area contributed by atoms with E-state index in [4.69, 9.17) is 4.74 Å². The molecular weight excluding hydrogens is 318 g/mol. The smallest absolute Gasteiger partial charge is 0.257 e. The molecule has 7 heteroatoms. The van der Waals surface area contributed by atoms with Gasteiger partial charge in [-0.2, -0.15) is 5.10 Å². The van der Waals surface area contributed by atoms with E-state index in [9.17, 15) is 4.79 Å². The average Bonchev–Trinajstić information content (AvgIpc) is 3.21. The first-order valence-electron chi connectivity index (χ1n) is 8.60. The first-order chi connectivity index (χ1) is 12.0. The van der Waals surface area contributed by atoms with E-state index in [1.54, 1.807) is 17.1 Å². The van der Waals surface area contributed by atoms with Gasteiger partial charge in [-0.15, -0.1) is 0 Å². The largest absolute Gasteiger partial charge is 0.485 e. The topological polar surface area (TPSA) is 63.5 Å². The maximum atomic E-state index is 12.8. The molecule has 0 bridgehead atoms. The molecule has 7 nitrogen and oxygen atoms in total. The Morgan fingerprint density at radius 2 is 2.24 bits per heavy atom. The Kier molecular flexibility index (Phi) is 4.92. The van der Waals surface area contributed by atoms with E-state index in [1.165, 1.54) is 0 Å². The zero-order valence-electron chi connectivity index (χ0n) is 15.3. The maximum Gasteiger partial charge on any atom is 0.257 e. The molecule has 1 aliphatic rings. The molecule has 2 aromatic heterocycles. The van der Waals surface area contributed by atoms with Gasteiger partial charge in [-0.1, -0.05) is 6.92 Å². The van der Waals surface area contributed by atoms with Crippen LogP contribution < -0.4 is 9.64 Å². The number of carbonyl (C=O) groups excluding carboxylic acids is 1. The molecule has 0 aromatic carbocycles. The lowest BCUT2D eigenvalue weighted by molar-refractivity contribution is 0.0771. The second kappa shape index (κ2) is 7.13. The fraction of sp³-hybridized carbons (Fsp3) is 0.500. The number of amides is 1. The Labute approximate surface area is 148 Å². The molecule has 1 fully saturated rings. The minimum atomic E-state index is -0.0198. The molecule has 1 saturated heterocycles. The van der Waals surface area contributed by atoms with Crippen molar-refractivity contribution in [1.29, 1.82) is 0 Å². The highest BCUT2D eigenvalue weighted by Crippen LogP contribution is 2.27. The quantitative estimate of drug-likeness (QED) is 0.827. The van der Waals surface area contributed by atoms with Gasteiger partial charge in [0.2, 0.25) is 0 Å². The number of nitrogens with zero attached hydrogens (tertiary/aromatic N) is 5. The van der Waals surface area contributed by atoms with Gasteiger partial charge in [0.05, 0.1) is 17.8 Å². The predicted molar refractivity (Wildman–Crippen MR) is 96.1 cm³/mol. The van der Waals surface area contributed by atoms with Gasteiger partial charge in [0.1, 0.15) is 6.10 Å². The lowest BCUT2D eigenvalue weighted by Gasteiger charge is -2.20. The minimum absolute atomic E-state index is 0.0198. The first kappa shape index (κ1) is 17.3. The fourth-order valence-corrected chi connectivity index (χ4v) is 3.14. The Morgan fingerprint density at radius 1 is 1.44 bits per heavy atom. The molecule has 0 radical (unpaired) electrons. The van der Waals surface area contributed by atoms with Crippen molar-refractivity contribution >= 4 is 11.7 Å². The predicted octanol–water partition coefficient (Wildman–Crippen LogP) is 1.74. The summed E-state index contributed by atoms with van der Waals surface area (Å²) in [5.41, 5.74) is 1.54. The number of likely N-dealkylation sites (tertiary alicyclic amines) is 1. The summed E-state index contributed by atoms with van der Waals surface area (Å²) in [6.45, 7) is 3.29. The SMILES string of the molecule is CCc1nn(C)cc1C(=O)N1CC[C@@H](Oc2cccnc2N(C)C)C1. The van der Waals surface area contributed by atoms with Crippen LogP contribution in [-0.4, -0.2) is 58.9 Å². The summed E-state index contributed by atoms with van der Waals surface area (Å²) >= 11 is 0. The zero-order valence-corrected chi connectivity index (χ0v) is 15.3. The van der Waals surface area contributed by atoms with Crippen LogP contribution in [0.15, 0.2) is 24.5 Å². The van der Waals surface area contributed by atoms with Crippen molar-refractivity contribution in [1.82, 2.24) is 19.7 Å². The van der Waals surface area contributed by atoms with Gasteiger partial charge >= 0.3 is 0 Å². The van der Waals surface area contributed by atoms with Crippen LogP contribution in [0.25, 0.3) is 0 Å². The van der Waals surface area contributed by atoms with Gasteiger partial charge < -0.3 is 14.5 Å².